The summed E-state index contributed by atoms with van der Waals surface area (Å²) in [6.45, 7) is 0. The summed E-state index contributed by atoms with van der Waals surface area (Å²) in [6.07, 6.45) is 0.323. The number of rotatable bonds is 3. The second-order valence-corrected chi connectivity index (χ2v) is 2.72. The Balaban J connectivity index is 2.79. The average molecular weight is 187 g/mol. The van der Waals surface area contributed by atoms with Crippen LogP contribution in [0.5, 0.6) is 5.75 Å². The molecule has 3 heteroatoms. The van der Waals surface area contributed by atoms with Gasteiger partial charge in [0.2, 0.25) is 0 Å². The largest absolute Gasteiger partial charge is 0.497 e. The summed E-state index contributed by atoms with van der Waals surface area (Å²) >= 11 is 0. The van der Waals surface area contributed by atoms with Crippen molar-refractivity contribution in [3.63, 3.8) is 0 Å². The molecule has 0 aliphatic heterocycles. The van der Waals surface area contributed by atoms with Crippen molar-refractivity contribution in [3.05, 3.63) is 35.4 Å². The van der Waals surface area contributed by atoms with Crippen LogP contribution in [0.4, 0.5) is 0 Å². The minimum atomic E-state index is 0.107. The first-order chi connectivity index (χ1) is 6.80. The van der Waals surface area contributed by atoms with Crippen molar-refractivity contribution in [1.29, 1.82) is 5.26 Å². The van der Waals surface area contributed by atoms with Gasteiger partial charge >= 0.3 is 0 Å². The third kappa shape index (κ3) is 2.48. The highest BCUT2D eigenvalue weighted by Gasteiger charge is 1.99. The van der Waals surface area contributed by atoms with Crippen LogP contribution >= 0.6 is 0 Å². The van der Waals surface area contributed by atoms with E-state index in [0.29, 0.717) is 6.42 Å². The summed E-state index contributed by atoms with van der Waals surface area (Å²) in [5, 5.41) is 8.51. The van der Waals surface area contributed by atoms with E-state index in [2.05, 4.69) is 0 Å². The number of benzene rings is 1. The first kappa shape index (κ1) is 10.0. The van der Waals surface area contributed by atoms with Crippen molar-refractivity contribution < 1.29 is 9.53 Å². The van der Waals surface area contributed by atoms with E-state index in [-0.39, 0.29) is 5.57 Å². The Bertz CT molecular complexity index is 394. The number of nitriles is 1. The van der Waals surface area contributed by atoms with E-state index >= 15 is 0 Å². The van der Waals surface area contributed by atoms with Gasteiger partial charge in [-0.1, -0.05) is 12.1 Å². The lowest BCUT2D eigenvalue weighted by molar-refractivity contribution is 0.414. The molecule has 3 nitrogen and oxygen atoms in total. The molecule has 70 valence electrons. The molecule has 0 fully saturated rings. The van der Waals surface area contributed by atoms with Crippen LogP contribution in [-0.4, -0.2) is 13.1 Å². The van der Waals surface area contributed by atoms with E-state index in [4.69, 9.17) is 10.00 Å². The molecule has 0 aromatic heterocycles. The Hall–Kier alpha value is -2.04. The Morgan fingerprint density at radius 1 is 1.43 bits per heavy atom. The van der Waals surface area contributed by atoms with Gasteiger partial charge in [0.15, 0.2) is 0 Å². The Labute approximate surface area is 82.2 Å². The van der Waals surface area contributed by atoms with Crippen molar-refractivity contribution in [1.82, 2.24) is 0 Å². The highest BCUT2D eigenvalue weighted by Crippen LogP contribution is 2.13. The number of ether oxygens (including phenoxy) is 1. The summed E-state index contributed by atoms with van der Waals surface area (Å²) in [4.78, 5) is 10.3. The van der Waals surface area contributed by atoms with Crippen LogP contribution in [0.2, 0.25) is 0 Å². The monoisotopic (exact) mass is 187 g/mol. The van der Waals surface area contributed by atoms with E-state index in [0.717, 1.165) is 11.3 Å². The van der Waals surface area contributed by atoms with Crippen LogP contribution in [0.15, 0.2) is 29.8 Å². The smallest absolute Gasteiger partial charge is 0.139 e. The number of hydrogen-bond donors (Lipinski definition) is 0. The molecule has 1 aromatic carbocycles. The van der Waals surface area contributed by atoms with Crippen LogP contribution in [0, 0.1) is 11.3 Å². The number of nitrogens with zero attached hydrogens (tertiary/aromatic N) is 1. The topological polar surface area (TPSA) is 50.1 Å². The molecule has 1 aromatic rings. The SMILES string of the molecule is COc1ccc(CC(=C=O)C#N)cc1. The molecule has 0 bridgehead atoms. The normalized spacial score (nSPS) is 8.57. The predicted molar refractivity (Wildman–Crippen MR) is 51.5 cm³/mol. The molecule has 14 heavy (non-hydrogen) atoms. The second-order valence-electron chi connectivity index (χ2n) is 2.72. The number of allylic oxidation sites excluding steroid dienone is 1. The summed E-state index contributed by atoms with van der Waals surface area (Å²) in [7, 11) is 1.58. The molecule has 0 atom stereocenters. The minimum Gasteiger partial charge on any atom is -0.497 e. The predicted octanol–water partition coefficient (Wildman–Crippen LogP) is 1.52. The number of hydrogen-bond acceptors (Lipinski definition) is 3. The van der Waals surface area contributed by atoms with Crippen molar-refractivity contribution in [2.24, 2.45) is 0 Å². The van der Waals surface area contributed by atoms with Gasteiger partial charge in [-0.2, -0.15) is 5.26 Å². The molecule has 0 spiro atoms. The lowest BCUT2D eigenvalue weighted by atomic mass is 10.1. The van der Waals surface area contributed by atoms with Crippen LogP contribution in [-0.2, 0) is 11.2 Å². The van der Waals surface area contributed by atoms with Crippen molar-refractivity contribution in [3.8, 4) is 11.8 Å². The third-order valence-electron chi connectivity index (χ3n) is 1.80. The van der Waals surface area contributed by atoms with Gasteiger partial charge in [0, 0.05) is 6.42 Å². The maximum atomic E-state index is 10.3. The molecular formula is C11H9NO2. The van der Waals surface area contributed by atoms with Gasteiger partial charge < -0.3 is 4.74 Å². The highest BCUT2D eigenvalue weighted by molar-refractivity contribution is 5.60. The van der Waals surface area contributed by atoms with Crippen LogP contribution in [0.1, 0.15) is 5.56 Å². The lowest BCUT2D eigenvalue weighted by Gasteiger charge is -2.00. The number of carbonyl (C=O) groups excluding carboxylic acids is 1. The molecule has 0 heterocycles. The van der Waals surface area contributed by atoms with E-state index in [9.17, 15) is 4.79 Å². The first-order valence-electron chi connectivity index (χ1n) is 4.07. The van der Waals surface area contributed by atoms with Crippen LogP contribution < -0.4 is 4.74 Å². The van der Waals surface area contributed by atoms with Crippen LogP contribution in [0.3, 0.4) is 0 Å². The fourth-order valence-electron chi connectivity index (χ4n) is 1.05. The van der Waals surface area contributed by atoms with E-state index in [1.165, 1.54) is 0 Å². The van der Waals surface area contributed by atoms with Crippen molar-refractivity contribution >= 4 is 5.94 Å². The summed E-state index contributed by atoms with van der Waals surface area (Å²) < 4.78 is 4.98. The molecule has 1 rings (SSSR count). The third-order valence-corrected chi connectivity index (χ3v) is 1.80. The van der Waals surface area contributed by atoms with Gasteiger partial charge in [0.1, 0.15) is 23.3 Å². The van der Waals surface area contributed by atoms with Gasteiger partial charge in [-0.3, -0.25) is 0 Å². The maximum absolute atomic E-state index is 10.3. The molecule has 0 N–H and O–H groups in total. The molecule has 0 unspecified atom stereocenters. The van der Waals surface area contributed by atoms with Gasteiger partial charge in [-0.25, -0.2) is 4.79 Å². The number of methoxy groups -OCH3 is 1. The second kappa shape index (κ2) is 4.86. The quantitative estimate of drug-likeness (QED) is 0.532. The lowest BCUT2D eigenvalue weighted by Crippen LogP contribution is -1.89. The Morgan fingerprint density at radius 3 is 2.50 bits per heavy atom. The first-order valence-corrected chi connectivity index (χ1v) is 4.07. The zero-order chi connectivity index (χ0) is 10.4. The fourth-order valence-corrected chi connectivity index (χ4v) is 1.05. The van der Waals surface area contributed by atoms with Crippen molar-refractivity contribution in [2.45, 2.75) is 6.42 Å². The van der Waals surface area contributed by atoms with E-state index in [1.807, 2.05) is 12.1 Å². The molecule has 0 radical (unpaired) electrons. The summed E-state index contributed by atoms with van der Waals surface area (Å²) in [5.74, 6) is 2.36. The molecule has 0 aliphatic rings. The zero-order valence-corrected chi connectivity index (χ0v) is 7.78. The molecule has 0 saturated heterocycles. The van der Waals surface area contributed by atoms with Gasteiger partial charge in [0.25, 0.3) is 0 Å². The average Bonchev–Trinajstić information content (AvgIpc) is 2.26. The van der Waals surface area contributed by atoms with Crippen LogP contribution in [0.25, 0.3) is 0 Å². The van der Waals surface area contributed by atoms with Gasteiger partial charge in [-0.05, 0) is 17.7 Å². The summed E-state index contributed by atoms with van der Waals surface area (Å²) in [6, 6.07) is 8.99. The Kier molecular flexibility index (Phi) is 3.49. The van der Waals surface area contributed by atoms with Gasteiger partial charge in [-0.15, -0.1) is 0 Å². The molecular weight excluding hydrogens is 178 g/mol. The fraction of sp³-hybridized carbons (Fsp3) is 0.182. The maximum Gasteiger partial charge on any atom is 0.139 e. The van der Waals surface area contributed by atoms with Crippen molar-refractivity contribution in [2.75, 3.05) is 7.11 Å². The minimum absolute atomic E-state index is 0.107. The standard InChI is InChI=1S/C11H9NO2/c1-14-11-4-2-9(3-5-11)6-10(7-12)8-13/h2-5H,6H2,1H3. The van der Waals surface area contributed by atoms with Gasteiger partial charge in [0.05, 0.1) is 7.11 Å². The van der Waals surface area contributed by atoms with E-state index < -0.39 is 0 Å². The highest BCUT2D eigenvalue weighted by atomic mass is 16.5. The molecule has 0 saturated carbocycles. The molecule has 0 aliphatic carbocycles. The molecule has 0 amide bonds. The Morgan fingerprint density at radius 2 is 2.07 bits per heavy atom. The van der Waals surface area contributed by atoms with E-state index in [1.54, 1.807) is 31.3 Å². The zero-order valence-electron chi connectivity index (χ0n) is 7.78. The summed E-state index contributed by atoms with van der Waals surface area (Å²) in [5.41, 5.74) is 1.00.